The molecule has 0 atom stereocenters. The molecule has 15 heavy (non-hydrogen) atoms. The van der Waals surface area contributed by atoms with Crippen LogP contribution in [-0.2, 0) is 0 Å². The van der Waals surface area contributed by atoms with E-state index in [1.165, 1.54) is 0 Å². The van der Waals surface area contributed by atoms with Crippen LogP contribution in [0.15, 0.2) is 35.3 Å². The summed E-state index contributed by atoms with van der Waals surface area (Å²) in [6.45, 7) is 3.93. The summed E-state index contributed by atoms with van der Waals surface area (Å²) in [6.07, 6.45) is 1.63. The van der Waals surface area contributed by atoms with E-state index in [9.17, 15) is 4.79 Å². The third kappa shape index (κ3) is 3.09. The second-order valence-electron chi connectivity index (χ2n) is 2.82. The van der Waals surface area contributed by atoms with Gasteiger partial charge in [0.25, 0.3) is 5.91 Å². The van der Waals surface area contributed by atoms with E-state index in [1.54, 1.807) is 25.3 Å². The first-order valence-corrected chi connectivity index (χ1v) is 5.23. The highest BCUT2D eigenvalue weighted by Crippen LogP contribution is 2.23. The Labute approximate surface area is 97.3 Å². The van der Waals surface area contributed by atoms with E-state index < -0.39 is 0 Å². The van der Waals surface area contributed by atoms with Gasteiger partial charge in [0.1, 0.15) is 12.4 Å². The summed E-state index contributed by atoms with van der Waals surface area (Å²) in [4.78, 5) is 11.5. The molecule has 0 aliphatic carbocycles. The molecule has 3 nitrogen and oxygen atoms in total. The Bertz CT molecular complexity index is 377. The summed E-state index contributed by atoms with van der Waals surface area (Å²) in [5.74, 6) is 0.382. The van der Waals surface area contributed by atoms with Crippen LogP contribution in [0.25, 0.3) is 0 Å². The number of carbonyl (C=O) groups excluding carboxylic acids is 1. The largest absolute Gasteiger partial charge is 0.489 e. The van der Waals surface area contributed by atoms with Crippen molar-refractivity contribution >= 4 is 21.8 Å². The van der Waals surface area contributed by atoms with Gasteiger partial charge in [0.05, 0.1) is 5.56 Å². The Morgan fingerprint density at radius 3 is 3.00 bits per heavy atom. The molecular weight excluding hydrogens is 258 g/mol. The summed E-state index contributed by atoms with van der Waals surface area (Å²) in [7, 11) is 1.58. The van der Waals surface area contributed by atoms with E-state index >= 15 is 0 Å². The third-order valence-electron chi connectivity index (χ3n) is 1.77. The summed E-state index contributed by atoms with van der Waals surface area (Å²) in [5, 5.41) is 2.56. The molecule has 0 heterocycles. The smallest absolute Gasteiger partial charge is 0.254 e. The predicted octanol–water partition coefficient (Wildman–Crippen LogP) is 2.37. The molecule has 0 bridgehead atoms. The molecule has 1 amide bonds. The second kappa shape index (κ2) is 5.56. The third-order valence-corrected chi connectivity index (χ3v) is 2.26. The number of hydrogen-bond donors (Lipinski definition) is 1. The number of hydrogen-bond acceptors (Lipinski definition) is 2. The van der Waals surface area contributed by atoms with Crippen LogP contribution in [0.1, 0.15) is 10.4 Å². The fourth-order valence-electron chi connectivity index (χ4n) is 1.09. The lowest BCUT2D eigenvalue weighted by Gasteiger charge is -2.09. The second-order valence-corrected chi connectivity index (χ2v) is 3.73. The van der Waals surface area contributed by atoms with Gasteiger partial charge < -0.3 is 10.1 Å². The monoisotopic (exact) mass is 269 g/mol. The fraction of sp³-hybridized carbons (Fsp3) is 0.182. The van der Waals surface area contributed by atoms with Gasteiger partial charge in [-0.25, -0.2) is 0 Å². The molecule has 1 N–H and O–H groups in total. The summed E-state index contributed by atoms with van der Waals surface area (Å²) in [6, 6.07) is 5.29. The summed E-state index contributed by atoms with van der Waals surface area (Å²) in [5.41, 5.74) is 0.508. The molecule has 1 aromatic carbocycles. The van der Waals surface area contributed by atoms with Crippen molar-refractivity contribution in [2.75, 3.05) is 13.7 Å². The molecular formula is C11H12BrNO2. The highest BCUT2D eigenvalue weighted by Gasteiger charge is 2.11. The van der Waals surface area contributed by atoms with Crippen molar-refractivity contribution in [2.24, 2.45) is 0 Å². The maximum Gasteiger partial charge on any atom is 0.254 e. The molecule has 0 radical (unpaired) electrons. The van der Waals surface area contributed by atoms with Crippen molar-refractivity contribution in [3.8, 4) is 5.75 Å². The van der Waals surface area contributed by atoms with Crippen LogP contribution >= 0.6 is 15.9 Å². The number of halogens is 1. The van der Waals surface area contributed by atoms with Crippen LogP contribution in [-0.4, -0.2) is 19.6 Å². The predicted molar refractivity (Wildman–Crippen MR) is 63.2 cm³/mol. The number of rotatable bonds is 4. The number of amides is 1. The lowest BCUT2D eigenvalue weighted by molar-refractivity contribution is 0.0959. The molecule has 0 aromatic heterocycles. The van der Waals surface area contributed by atoms with Crippen LogP contribution in [0.3, 0.4) is 0 Å². The number of nitrogens with one attached hydrogen (secondary N) is 1. The lowest BCUT2D eigenvalue weighted by Crippen LogP contribution is -2.19. The zero-order valence-corrected chi connectivity index (χ0v) is 10.0. The Balaban J connectivity index is 3.02. The minimum absolute atomic E-state index is 0.171. The molecule has 0 aliphatic rings. The first kappa shape index (κ1) is 11.8. The van der Waals surface area contributed by atoms with Crippen molar-refractivity contribution < 1.29 is 9.53 Å². The van der Waals surface area contributed by atoms with Crippen molar-refractivity contribution in [3.05, 3.63) is 40.9 Å². The van der Waals surface area contributed by atoms with Gasteiger partial charge in [0.2, 0.25) is 0 Å². The van der Waals surface area contributed by atoms with Gasteiger partial charge in [-0.15, -0.1) is 0 Å². The molecule has 0 fully saturated rings. The van der Waals surface area contributed by atoms with E-state index in [0.717, 1.165) is 4.47 Å². The van der Waals surface area contributed by atoms with Crippen molar-refractivity contribution in [1.29, 1.82) is 0 Å². The summed E-state index contributed by atoms with van der Waals surface area (Å²) >= 11 is 3.31. The molecule has 4 heteroatoms. The van der Waals surface area contributed by atoms with Crippen LogP contribution in [0.4, 0.5) is 0 Å². The molecule has 0 aliphatic heterocycles. The van der Waals surface area contributed by atoms with E-state index in [-0.39, 0.29) is 5.91 Å². The van der Waals surface area contributed by atoms with E-state index in [0.29, 0.717) is 17.9 Å². The zero-order valence-electron chi connectivity index (χ0n) is 8.42. The average molecular weight is 270 g/mol. The van der Waals surface area contributed by atoms with Crippen LogP contribution in [0.2, 0.25) is 0 Å². The van der Waals surface area contributed by atoms with Gasteiger partial charge in [-0.2, -0.15) is 0 Å². The molecule has 0 saturated carbocycles. The van der Waals surface area contributed by atoms with Crippen LogP contribution in [0, 0.1) is 0 Å². The topological polar surface area (TPSA) is 38.3 Å². The number of carbonyl (C=O) groups is 1. The molecule has 80 valence electrons. The van der Waals surface area contributed by atoms with Crippen molar-refractivity contribution in [2.45, 2.75) is 0 Å². The first-order valence-electron chi connectivity index (χ1n) is 4.44. The molecule has 0 unspecified atom stereocenters. The minimum atomic E-state index is -0.171. The van der Waals surface area contributed by atoms with Gasteiger partial charge in [-0.05, 0) is 18.2 Å². The van der Waals surface area contributed by atoms with Gasteiger partial charge in [-0.3, -0.25) is 4.79 Å². The Morgan fingerprint density at radius 1 is 1.67 bits per heavy atom. The summed E-state index contributed by atoms with van der Waals surface area (Å²) < 4.78 is 6.20. The standard InChI is InChI=1S/C11H12BrNO2/c1-3-6-15-10-5-4-8(12)7-9(10)11(14)13-2/h3-5,7H,1,6H2,2H3,(H,13,14). The van der Waals surface area contributed by atoms with E-state index in [2.05, 4.69) is 27.8 Å². The van der Waals surface area contributed by atoms with Gasteiger partial charge in [0, 0.05) is 11.5 Å². The Hall–Kier alpha value is -1.29. The highest BCUT2D eigenvalue weighted by atomic mass is 79.9. The van der Waals surface area contributed by atoms with Gasteiger partial charge in [-0.1, -0.05) is 28.6 Å². The van der Waals surface area contributed by atoms with Gasteiger partial charge in [0.15, 0.2) is 0 Å². The maximum absolute atomic E-state index is 11.5. The van der Waals surface area contributed by atoms with Crippen LogP contribution < -0.4 is 10.1 Å². The van der Waals surface area contributed by atoms with E-state index in [1.807, 2.05) is 6.07 Å². The number of benzene rings is 1. The van der Waals surface area contributed by atoms with Crippen molar-refractivity contribution in [3.63, 3.8) is 0 Å². The van der Waals surface area contributed by atoms with E-state index in [4.69, 9.17) is 4.74 Å². The fourth-order valence-corrected chi connectivity index (χ4v) is 1.45. The SMILES string of the molecule is C=CCOc1ccc(Br)cc1C(=O)NC. The average Bonchev–Trinajstić information content (AvgIpc) is 2.26. The minimum Gasteiger partial charge on any atom is -0.489 e. The van der Waals surface area contributed by atoms with Crippen molar-refractivity contribution in [1.82, 2.24) is 5.32 Å². The number of ether oxygens (including phenoxy) is 1. The normalized spacial score (nSPS) is 9.47. The quantitative estimate of drug-likeness (QED) is 0.853. The maximum atomic E-state index is 11.5. The van der Waals surface area contributed by atoms with Crippen LogP contribution in [0.5, 0.6) is 5.75 Å². The molecule has 0 saturated heterocycles. The molecule has 1 aromatic rings. The molecule has 0 spiro atoms. The lowest BCUT2D eigenvalue weighted by atomic mass is 10.2. The first-order chi connectivity index (χ1) is 7.19. The highest BCUT2D eigenvalue weighted by molar-refractivity contribution is 9.10. The Morgan fingerprint density at radius 2 is 2.40 bits per heavy atom. The molecule has 1 rings (SSSR count). The Kier molecular flexibility index (Phi) is 4.37. The zero-order chi connectivity index (χ0) is 11.3. The van der Waals surface area contributed by atoms with Gasteiger partial charge >= 0.3 is 0 Å².